The smallest absolute Gasteiger partial charge is 0.269 e. The predicted molar refractivity (Wildman–Crippen MR) is 73.1 cm³/mol. The number of hydrogen-bond acceptors (Lipinski definition) is 4. The summed E-state index contributed by atoms with van der Waals surface area (Å²) in [5, 5.41) is 9.92. The van der Waals surface area contributed by atoms with Crippen LogP contribution in [0.25, 0.3) is 0 Å². The van der Waals surface area contributed by atoms with E-state index in [0.717, 1.165) is 11.3 Å². The molecule has 100 valence electrons. The van der Waals surface area contributed by atoms with Crippen molar-refractivity contribution >= 4 is 11.6 Å². The van der Waals surface area contributed by atoms with E-state index in [9.17, 15) is 4.79 Å². The Kier molecular flexibility index (Phi) is 4.12. The highest BCUT2D eigenvalue weighted by atomic mass is 16.1. The molecule has 0 radical (unpaired) electrons. The molecule has 19 heavy (non-hydrogen) atoms. The Balaban J connectivity index is 1.83. The fourth-order valence-electron chi connectivity index (χ4n) is 1.64. The average Bonchev–Trinajstić information content (AvgIpc) is 2.84. The lowest BCUT2D eigenvalue weighted by Gasteiger charge is -2.05. The predicted octanol–water partition coefficient (Wildman–Crippen LogP) is 1.06. The number of anilines is 1. The van der Waals surface area contributed by atoms with Gasteiger partial charge in [0.2, 0.25) is 0 Å². The molecule has 0 aliphatic rings. The van der Waals surface area contributed by atoms with Gasteiger partial charge in [-0.1, -0.05) is 0 Å². The molecular formula is C13H17N5O. The number of hydrogen-bond donors (Lipinski definition) is 2. The zero-order valence-electron chi connectivity index (χ0n) is 11.1. The summed E-state index contributed by atoms with van der Waals surface area (Å²) in [5.74, 6) is -0.175. The van der Waals surface area contributed by atoms with Gasteiger partial charge in [0.25, 0.3) is 5.91 Å². The van der Waals surface area contributed by atoms with Gasteiger partial charge in [0, 0.05) is 19.8 Å². The van der Waals surface area contributed by atoms with Crippen molar-refractivity contribution in [2.75, 3.05) is 18.9 Å². The Hall–Kier alpha value is -2.37. The Morgan fingerprint density at radius 2 is 2.21 bits per heavy atom. The maximum atomic E-state index is 11.8. The normalized spacial score (nSPS) is 10.2. The van der Waals surface area contributed by atoms with Crippen LogP contribution in [0.4, 0.5) is 5.69 Å². The van der Waals surface area contributed by atoms with Crippen molar-refractivity contribution in [3.05, 3.63) is 42.0 Å². The molecule has 2 aromatic rings. The largest absolute Gasteiger partial charge is 0.387 e. The molecule has 6 nitrogen and oxygen atoms in total. The van der Waals surface area contributed by atoms with Crippen LogP contribution in [0, 0.1) is 6.92 Å². The molecule has 0 aliphatic carbocycles. The third-order valence-electron chi connectivity index (χ3n) is 2.67. The zero-order chi connectivity index (χ0) is 13.7. The second-order valence-corrected chi connectivity index (χ2v) is 4.22. The second-order valence-electron chi connectivity index (χ2n) is 4.22. The van der Waals surface area contributed by atoms with Crippen molar-refractivity contribution in [2.45, 2.75) is 13.5 Å². The van der Waals surface area contributed by atoms with Crippen molar-refractivity contribution in [3.63, 3.8) is 0 Å². The van der Waals surface area contributed by atoms with Gasteiger partial charge in [0.15, 0.2) is 0 Å². The van der Waals surface area contributed by atoms with Gasteiger partial charge in [-0.15, -0.1) is 0 Å². The number of nitrogens with one attached hydrogen (secondary N) is 2. The van der Waals surface area contributed by atoms with Crippen LogP contribution in [0.15, 0.2) is 30.7 Å². The number of carbonyl (C=O) groups excluding carboxylic acids is 1. The van der Waals surface area contributed by atoms with Gasteiger partial charge < -0.3 is 10.6 Å². The van der Waals surface area contributed by atoms with Crippen LogP contribution in [0.3, 0.4) is 0 Å². The van der Waals surface area contributed by atoms with E-state index in [-0.39, 0.29) is 5.91 Å². The maximum absolute atomic E-state index is 11.8. The number of rotatable bonds is 5. The summed E-state index contributed by atoms with van der Waals surface area (Å²) in [4.78, 5) is 15.9. The minimum atomic E-state index is -0.175. The number of aryl methyl sites for hydroxylation is 1. The lowest BCUT2D eigenvalue weighted by Crippen LogP contribution is -2.28. The highest BCUT2D eigenvalue weighted by Crippen LogP contribution is 2.04. The first-order chi connectivity index (χ1) is 9.19. The van der Waals surface area contributed by atoms with Crippen LogP contribution in [0.2, 0.25) is 0 Å². The Labute approximate surface area is 111 Å². The summed E-state index contributed by atoms with van der Waals surface area (Å²) >= 11 is 0. The molecule has 2 heterocycles. The molecule has 1 amide bonds. The van der Waals surface area contributed by atoms with E-state index >= 15 is 0 Å². The summed E-state index contributed by atoms with van der Waals surface area (Å²) in [5.41, 5.74) is 2.40. The van der Waals surface area contributed by atoms with Crippen LogP contribution >= 0.6 is 0 Å². The van der Waals surface area contributed by atoms with Crippen molar-refractivity contribution in [3.8, 4) is 0 Å². The Bertz CT molecular complexity index is 546. The van der Waals surface area contributed by atoms with E-state index in [0.29, 0.717) is 18.8 Å². The molecule has 2 aromatic heterocycles. The molecule has 2 N–H and O–H groups in total. The molecule has 0 saturated carbocycles. The second kappa shape index (κ2) is 5.99. The van der Waals surface area contributed by atoms with Crippen LogP contribution in [-0.4, -0.2) is 34.3 Å². The molecule has 0 aromatic carbocycles. The highest BCUT2D eigenvalue weighted by Gasteiger charge is 2.06. The molecule has 6 heteroatoms. The van der Waals surface area contributed by atoms with Gasteiger partial charge in [-0.05, 0) is 24.6 Å². The van der Waals surface area contributed by atoms with Gasteiger partial charge in [0.05, 0.1) is 24.6 Å². The van der Waals surface area contributed by atoms with E-state index in [2.05, 4.69) is 20.7 Å². The van der Waals surface area contributed by atoms with Crippen LogP contribution in [-0.2, 0) is 6.54 Å². The van der Waals surface area contributed by atoms with E-state index in [1.165, 1.54) is 0 Å². The van der Waals surface area contributed by atoms with Crippen molar-refractivity contribution in [1.82, 2.24) is 20.1 Å². The highest BCUT2D eigenvalue weighted by molar-refractivity contribution is 5.92. The van der Waals surface area contributed by atoms with E-state index in [4.69, 9.17) is 0 Å². The van der Waals surface area contributed by atoms with E-state index < -0.39 is 0 Å². The van der Waals surface area contributed by atoms with Crippen LogP contribution < -0.4 is 10.6 Å². The first kappa shape index (κ1) is 13.1. The van der Waals surface area contributed by atoms with Crippen molar-refractivity contribution < 1.29 is 4.79 Å². The first-order valence-electron chi connectivity index (χ1n) is 6.10. The average molecular weight is 259 g/mol. The summed E-state index contributed by atoms with van der Waals surface area (Å²) < 4.78 is 1.80. The first-order valence-corrected chi connectivity index (χ1v) is 6.10. The topological polar surface area (TPSA) is 71.8 Å². The lowest BCUT2D eigenvalue weighted by atomic mass is 10.3. The molecule has 0 spiro atoms. The SMILES string of the molecule is CNc1ccc(C(=O)NCCn2cc(C)cn2)nc1. The fourth-order valence-corrected chi connectivity index (χ4v) is 1.64. The van der Waals surface area contributed by atoms with E-state index in [1.54, 1.807) is 23.1 Å². The summed E-state index contributed by atoms with van der Waals surface area (Å²) in [6, 6.07) is 3.51. The minimum Gasteiger partial charge on any atom is -0.387 e. The summed E-state index contributed by atoms with van der Waals surface area (Å²) in [6.07, 6.45) is 5.36. The van der Waals surface area contributed by atoms with Crippen molar-refractivity contribution in [2.24, 2.45) is 0 Å². The Morgan fingerprint density at radius 3 is 2.79 bits per heavy atom. The zero-order valence-corrected chi connectivity index (χ0v) is 11.1. The molecule has 0 bridgehead atoms. The molecule has 0 atom stereocenters. The van der Waals surface area contributed by atoms with E-state index in [1.807, 2.05) is 26.2 Å². The number of amides is 1. The summed E-state index contributed by atoms with van der Waals surface area (Å²) in [7, 11) is 1.81. The molecule has 2 rings (SSSR count). The fraction of sp³-hybridized carbons (Fsp3) is 0.308. The third kappa shape index (κ3) is 3.54. The van der Waals surface area contributed by atoms with Crippen molar-refractivity contribution in [1.29, 1.82) is 0 Å². The lowest BCUT2D eigenvalue weighted by molar-refractivity contribution is 0.0947. The standard InChI is InChI=1S/C13H17N5O/c1-10-7-17-18(9-10)6-5-15-13(19)12-4-3-11(14-2)8-16-12/h3-4,7-9,14H,5-6H2,1-2H3,(H,15,19). The van der Waals surface area contributed by atoms with Gasteiger partial charge >= 0.3 is 0 Å². The van der Waals surface area contributed by atoms with Gasteiger partial charge in [-0.2, -0.15) is 5.10 Å². The van der Waals surface area contributed by atoms with Gasteiger partial charge in [-0.3, -0.25) is 9.48 Å². The summed E-state index contributed by atoms with van der Waals surface area (Å²) in [6.45, 7) is 3.15. The van der Waals surface area contributed by atoms with Gasteiger partial charge in [-0.25, -0.2) is 4.98 Å². The van der Waals surface area contributed by atoms with Crippen LogP contribution in [0.5, 0.6) is 0 Å². The number of pyridine rings is 1. The molecule has 0 aliphatic heterocycles. The Morgan fingerprint density at radius 1 is 1.37 bits per heavy atom. The number of aromatic nitrogens is 3. The number of nitrogens with zero attached hydrogens (tertiary/aromatic N) is 3. The minimum absolute atomic E-state index is 0.175. The molecule has 0 unspecified atom stereocenters. The van der Waals surface area contributed by atoms with Crippen LogP contribution in [0.1, 0.15) is 16.1 Å². The molecular weight excluding hydrogens is 242 g/mol. The monoisotopic (exact) mass is 259 g/mol. The van der Waals surface area contributed by atoms with Gasteiger partial charge in [0.1, 0.15) is 5.69 Å². The quantitative estimate of drug-likeness (QED) is 0.842. The maximum Gasteiger partial charge on any atom is 0.269 e. The third-order valence-corrected chi connectivity index (χ3v) is 2.67. The number of carbonyl (C=O) groups is 1. The molecule has 0 fully saturated rings. The molecule has 0 saturated heterocycles.